The summed E-state index contributed by atoms with van der Waals surface area (Å²) in [5, 5.41) is 3.72. The third kappa shape index (κ3) is 2.98. The van der Waals surface area contributed by atoms with Crippen LogP contribution in [-0.4, -0.2) is 13.6 Å². The minimum Gasteiger partial charge on any atom is -0.361 e. The fourth-order valence-electron chi connectivity index (χ4n) is 1.41. The third-order valence-corrected chi connectivity index (χ3v) is 4.66. The number of rotatable bonds is 4. The fraction of sp³-hybridized carbons (Fsp3) is 0.182. The lowest BCUT2D eigenvalue weighted by atomic mass is 10.4. The highest BCUT2D eigenvalue weighted by Gasteiger charge is 2.17. The van der Waals surface area contributed by atoms with Crippen molar-refractivity contribution in [2.75, 3.05) is 0 Å². The lowest BCUT2D eigenvalue weighted by molar-refractivity contribution is 0.390. The predicted octanol–water partition coefficient (Wildman–Crippen LogP) is 2.22. The van der Waals surface area contributed by atoms with Gasteiger partial charge in [-0.3, -0.25) is 0 Å². The topological polar surface area (TPSA) is 72.2 Å². The third-order valence-electron chi connectivity index (χ3n) is 2.25. The summed E-state index contributed by atoms with van der Waals surface area (Å²) in [6.07, 6.45) is 0. The molecule has 1 heterocycles. The second kappa shape index (κ2) is 5.21. The Kier molecular flexibility index (Phi) is 3.84. The zero-order valence-electron chi connectivity index (χ0n) is 9.55. The normalized spacial score (nSPS) is 11.7. The molecule has 0 saturated carbocycles. The largest absolute Gasteiger partial charge is 0.361 e. The summed E-state index contributed by atoms with van der Waals surface area (Å²) in [4.78, 5) is 0.199. The summed E-state index contributed by atoms with van der Waals surface area (Å²) in [5.41, 5.74) is 0.545. The Morgan fingerprint density at radius 3 is 2.72 bits per heavy atom. The van der Waals surface area contributed by atoms with Crippen LogP contribution in [0.4, 0.5) is 0 Å². The number of aryl methyl sites for hydroxylation is 1. The van der Waals surface area contributed by atoms with E-state index in [-0.39, 0.29) is 11.4 Å². The molecule has 2 aromatic rings. The first kappa shape index (κ1) is 13.3. The molecule has 96 valence electrons. The van der Waals surface area contributed by atoms with Crippen molar-refractivity contribution >= 4 is 26.0 Å². The van der Waals surface area contributed by atoms with Crippen LogP contribution in [0.1, 0.15) is 11.5 Å². The van der Waals surface area contributed by atoms with E-state index in [0.717, 1.165) is 0 Å². The number of hydrogen-bond acceptors (Lipinski definition) is 4. The molecule has 0 bridgehead atoms. The van der Waals surface area contributed by atoms with E-state index in [1.807, 2.05) is 0 Å². The molecule has 0 unspecified atom stereocenters. The van der Waals surface area contributed by atoms with Crippen molar-refractivity contribution < 1.29 is 12.9 Å². The molecule has 0 atom stereocenters. The molecule has 0 aliphatic rings. The lowest BCUT2D eigenvalue weighted by Gasteiger charge is -2.06. The summed E-state index contributed by atoms with van der Waals surface area (Å²) >= 11 is 3.21. The molecule has 1 aromatic carbocycles. The fourth-order valence-corrected chi connectivity index (χ4v) is 3.41. The van der Waals surface area contributed by atoms with E-state index in [0.29, 0.717) is 15.9 Å². The summed E-state index contributed by atoms with van der Waals surface area (Å²) in [6.45, 7) is 1.85. The number of benzene rings is 1. The van der Waals surface area contributed by atoms with Gasteiger partial charge < -0.3 is 4.52 Å². The molecule has 0 fully saturated rings. The average Bonchev–Trinajstić information content (AvgIpc) is 2.73. The molecule has 0 aliphatic carbocycles. The zero-order valence-corrected chi connectivity index (χ0v) is 12.0. The van der Waals surface area contributed by atoms with E-state index in [9.17, 15) is 8.42 Å². The van der Waals surface area contributed by atoms with Gasteiger partial charge in [-0.15, -0.1) is 0 Å². The van der Waals surface area contributed by atoms with Gasteiger partial charge >= 0.3 is 0 Å². The van der Waals surface area contributed by atoms with Crippen molar-refractivity contribution in [3.05, 3.63) is 46.3 Å². The second-order valence-electron chi connectivity index (χ2n) is 3.68. The molecule has 18 heavy (non-hydrogen) atoms. The van der Waals surface area contributed by atoms with Crippen LogP contribution in [0.3, 0.4) is 0 Å². The van der Waals surface area contributed by atoms with Gasteiger partial charge in [-0.25, -0.2) is 13.1 Å². The van der Waals surface area contributed by atoms with E-state index in [1.165, 1.54) is 6.07 Å². The van der Waals surface area contributed by atoms with Crippen molar-refractivity contribution in [3.8, 4) is 0 Å². The minimum absolute atomic E-state index is 0.0982. The first-order valence-corrected chi connectivity index (χ1v) is 7.43. The van der Waals surface area contributed by atoms with Crippen molar-refractivity contribution in [2.45, 2.75) is 18.4 Å². The van der Waals surface area contributed by atoms with Gasteiger partial charge in [0.25, 0.3) is 0 Å². The Hall–Kier alpha value is -1.18. The number of hydrogen-bond donors (Lipinski definition) is 1. The van der Waals surface area contributed by atoms with E-state index in [4.69, 9.17) is 4.52 Å². The van der Waals surface area contributed by atoms with Crippen LogP contribution in [-0.2, 0) is 16.6 Å². The van der Waals surface area contributed by atoms with Crippen LogP contribution in [0.25, 0.3) is 0 Å². The van der Waals surface area contributed by atoms with Gasteiger partial charge in [-0.1, -0.05) is 17.3 Å². The number of nitrogens with zero attached hydrogens (tertiary/aromatic N) is 1. The molecule has 7 heteroatoms. The molecule has 0 saturated heterocycles. The number of halogens is 1. The molecule has 0 spiro atoms. The van der Waals surface area contributed by atoms with Crippen LogP contribution in [0, 0.1) is 6.92 Å². The highest BCUT2D eigenvalue weighted by molar-refractivity contribution is 9.10. The molecule has 0 amide bonds. The maximum absolute atomic E-state index is 12.0. The first-order valence-electron chi connectivity index (χ1n) is 5.15. The van der Waals surface area contributed by atoms with Crippen LogP contribution >= 0.6 is 15.9 Å². The van der Waals surface area contributed by atoms with Gasteiger partial charge in [0.15, 0.2) is 0 Å². The van der Waals surface area contributed by atoms with Gasteiger partial charge in [0.05, 0.1) is 17.1 Å². The molecule has 0 aliphatic heterocycles. The smallest absolute Gasteiger partial charge is 0.242 e. The number of sulfonamides is 1. The predicted molar refractivity (Wildman–Crippen MR) is 69.4 cm³/mol. The molecule has 1 aromatic heterocycles. The summed E-state index contributed by atoms with van der Waals surface area (Å²) in [7, 11) is -3.56. The van der Waals surface area contributed by atoms with Gasteiger partial charge in [-0.2, -0.15) is 0 Å². The van der Waals surface area contributed by atoms with Gasteiger partial charge in [-0.05, 0) is 35.0 Å². The van der Waals surface area contributed by atoms with Crippen LogP contribution < -0.4 is 4.72 Å². The maximum Gasteiger partial charge on any atom is 0.242 e. The number of nitrogens with one attached hydrogen (secondary N) is 1. The molecular weight excluding hydrogens is 320 g/mol. The monoisotopic (exact) mass is 330 g/mol. The second-order valence-corrected chi connectivity index (χ2v) is 6.27. The van der Waals surface area contributed by atoms with E-state index in [1.54, 1.807) is 31.2 Å². The molecule has 5 nitrogen and oxygen atoms in total. The summed E-state index contributed by atoms with van der Waals surface area (Å²) in [6, 6.07) is 8.31. The van der Waals surface area contributed by atoms with Crippen molar-refractivity contribution in [1.82, 2.24) is 9.88 Å². The maximum atomic E-state index is 12.0. The lowest BCUT2D eigenvalue weighted by Crippen LogP contribution is -2.23. The molecular formula is C11H11BrN2O3S. The van der Waals surface area contributed by atoms with Crippen molar-refractivity contribution in [1.29, 1.82) is 0 Å². The Morgan fingerprint density at radius 1 is 1.39 bits per heavy atom. The van der Waals surface area contributed by atoms with E-state index in [2.05, 4.69) is 25.8 Å². The van der Waals surface area contributed by atoms with Crippen molar-refractivity contribution in [3.63, 3.8) is 0 Å². The van der Waals surface area contributed by atoms with Gasteiger partial charge in [0.1, 0.15) is 5.76 Å². The quantitative estimate of drug-likeness (QED) is 0.932. The highest BCUT2D eigenvalue weighted by atomic mass is 79.9. The minimum atomic E-state index is -3.56. The Balaban J connectivity index is 2.16. The Labute approximate surface area is 113 Å². The highest BCUT2D eigenvalue weighted by Crippen LogP contribution is 2.21. The summed E-state index contributed by atoms with van der Waals surface area (Å²) in [5.74, 6) is 0.644. The van der Waals surface area contributed by atoms with E-state index < -0.39 is 10.0 Å². The SMILES string of the molecule is Cc1cc(CNS(=O)(=O)c2ccccc2Br)no1. The molecule has 1 N–H and O–H groups in total. The van der Waals surface area contributed by atoms with Gasteiger partial charge in [0.2, 0.25) is 10.0 Å². The first-order chi connectivity index (χ1) is 8.49. The van der Waals surface area contributed by atoms with Gasteiger partial charge in [0, 0.05) is 10.5 Å². The zero-order chi connectivity index (χ0) is 13.2. The Morgan fingerprint density at radius 2 is 2.11 bits per heavy atom. The van der Waals surface area contributed by atoms with Crippen molar-refractivity contribution in [2.24, 2.45) is 0 Å². The van der Waals surface area contributed by atoms with Crippen LogP contribution in [0.15, 0.2) is 44.2 Å². The van der Waals surface area contributed by atoms with Crippen LogP contribution in [0.2, 0.25) is 0 Å². The average molecular weight is 331 g/mol. The standard InChI is InChI=1S/C11H11BrN2O3S/c1-8-6-9(14-17-8)7-13-18(15,16)11-5-3-2-4-10(11)12/h2-6,13H,7H2,1H3. The molecule has 2 rings (SSSR count). The van der Waals surface area contributed by atoms with E-state index >= 15 is 0 Å². The van der Waals surface area contributed by atoms with Crippen LogP contribution in [0.5, 0.6) is 0 Å². The Bertz CT molecular complexity index is 652. The number of aromatic nitrogens is 1. The summed E-state index contributed by atoms with van der Waals surface area (Å²) < 4.78 is 31.9. The molecule has 0 radical (unpaired) electrons.